The molecular weight excluding hydrogens is 393 g/mol. The molecule has 5 nitrogen and oxygen atoms in total. The van der Waals surface area contributed by atoms with Crippen LogP contribution in [0.5, 0.6) is 0 Å². The van der Waals surface area contributed by atoms with Gasteiger partial charge in [0.15, 0.2) is 5.58 Å². The Kier molecular flexibility index (Phi) is 4.90. The van der Waals surface area contributed by atoms with Crippen LogP contribution in [0.25, 0.3) is 22.2 Å². The average molecular weight is 415 g/mol. The third-order valence-electron chi connectivity index (χ3n) is 5.69. The lowest BCUT2D eigenvalue weighted by atomic mass is 10.0. The lowest BCUT2D eigenvalue weighted by Gasteiger charge is -2.22. The van der Waals surface area contributed by atoms with Crippen LogP contribution in [-0.2, 0) is 0 Å². The number of hydrogen-bond acceptors (Lipinski definition) is 3. The molecule has 5 rings (SSSR count). The van der Waals surface area contributed by atoms with Gasteiger partial charge in [-0.2, -0.15) is 0 Å². The quantitative estimate of drug-likeness (QED) is 0.426. The Balaban J connectivity index is 1.40. The Labute approximate surface area is 179 Å². The van der Waals surface area contributed by atoms with E-state index < -0.39 is 0 Å². The molecule has 1 aliphatic heterocycles. The number of fused-ring (bicyclic) bond motifs is 1. The van der Waals surface area contributed by atoms with E-state index in [9.17, 15) is 9.18 Å². The van der Waals surface area contributed by atoms with Crippen molar-refractivity contribution in [1.29, 1.82) is 0 Å². The fourth-order valence-electron chi connectivity index (χ4n) is 4.05. The Morgan fingerprint density at radius 1 is 1.13 bits per heavy atom. The largest absolute Gasteiger partial charge is 0.438 e. The molecule has 156 valence electrons. The van der Waals surface area contributed by atoms with E-state index in [-0.39, 0.29) is 17.9 Å². The van der Waals surface area contributed by atoms with Crippen LogP contribution in [0.1, 0.15) is 30.3 Å². The van der Waals surface area contributed by atoms with Crippen LogP contribution < -0.4 is 5.32 Å². The standard InChI is InChI=1S/C25H22FN3O2/c1-16-8-11-18(12-9-16)27-25(30)29-14-4-7-22(29)24-28-21-15-17(10-13-23(21)31-24)19-5-2-3-6-20(19)26/h2-3,5-6,8-13,15,22H,4,7,14H2,1H3,(H,27,30)/t22-/m1/s1. The number of urea groups is 1. The fraction of sp³-hybridized carbons (Fsp3) is 0.200. The van der Waals surface area contributed by atoms with Gasteiger partial charge in [0.2, 0.25) is 5.89 Å². The first kappa shape index (κ1) is 19.3. The van der Waals surface area contributed by atoms with Gasteiger partial charge < -0.3 is 14.6 Å². The minimum Gasteiger partial charge on any atom is -0.438 e. The molecule has 0 radical (unpaired) electrons. The molecule has 6 heteroatoms. The molecule has 1 aliphatic rings. The number of carbonyl (C=O) groups is 1. The Morgan fingerprint density at radius 3 is 2.74 bits per heavy atom. The van der Waals surface area contributed by atoms with E-state index >= 15 is 0 Å². The first-order chi connectivity index (χ1) is 15.1. The van der Waals surface area contributed by atoms with Crippen molar-refractivity contribution < 1.29 is 13.6 Å². The van der Waals surface area contributed by atoms with Gasteiger partial charge in [-0.1, -0.05) is 42.0 Å². The highest BCUT2D eigenvalue weighted by atomic mass is 19.1. The Bertz CT molecular complexity index is 1250. The molecule has 1 fully saturated rings. The molecule has 1 aromatic heterocycles. The van der Waals surface area contributed by atoms with E-state index in [2.05, 4.69) is 10.3 Å². The van der Waals surface area contributed by atoms with Gasteiger partial charge in [-0.3, -0.25) is 0 Å². The van der Waals surface area contributed by atoms with Crippen molar-refractivity contribution in [3.63, 3.8) is 0 Å². The van der Waals surface area contributed by atoms with E-state index in [1.165, 1.54) is 6.07 Å². The first-order valence-electron chi connectivity index (χ1n) is 10.4. The first-order valence-corrected chi connectivity index (χ1v) is 10.4. The van der Waals surface area contributed by atoms with Crippen LogP contribution in [0.15, 0.2) is 71.1 Å². The predicted molar refractivity (Wildman–Crippen MR) is 118 cm³/mol. The molecule has 0 unspecified atom stereocenters. The maximum Gasteiger partial charge on any atom is 0.322 e. The maximum absolute atomic E-state index is 14.2. The SMILES string of the molecule is Cc1ccc(NC(=O)N2CCC[C@@H]2c2nc3cc(-c4ccccc4F)ccc3o2)cc1. The highest BCUT2D eigenvalue weighted by Gasteiger charge is 2.33. The summed E-state index contributed by atoms with van der Waals surface area (Å²) in [6.07, 6.45) is 1.67. The number of rotatable bonds is 3. The summed E-state index contributed by atoms with van der Waals surface area (Å²) in [5, 5.41) is 2.96. The average Bonchev–Trinajstić information content (AvgIpc) is 3.42. The number of likely N-dealkylation sites (tertiary alicyclic amines) is 1. The monoisotopic (exact) mass is 415 g/mol. The number of benzene rings is 3. The molecule has 1 N–H and O–H groups in total. The summed E-state index contributed by atoms with van der Waals surface area (Å²) in [6.45, 7) is 2.65. The summed E-state index contributed by atoms with van der Waals surface area (Å²) in [7, 11) is 0. The van der Waals surface area contributed by atoms with Gasteiger partial charge in [0.1, 0.15) is 17.4 Å². The zero-order chi connectivity index (χ0) is 21.4. The highest BCUT2D eigenvalue weighted by molar-refractivity contribution is 5.90. The van der Waals surface area contributed by atoms with Crippen LogP contribution >= 0.6 is 0 Å². The predicted octanol–water partition coefficient (Wildman–Crippen LogP) is 6.31. The summed E-state index contributed by atoms with van der Waals surface area (Å²) < 4.78 is 20.2. The number of nitrogens with zero attached hydrogens (tertiary/aromatic N) is 2. The molecule has 2 amide bonds. The number of carbonyl (C=O) groups excluding carboxylic acids is 1. The summed E-state index contributed by atoms with van der Waals surface area (Å²) in [5.74, 6) is 0.234. The second kappa shape index (κ2) is 7.87. The summed E-state index contributed by atoms with van der Waals surface area (Å²) in [5.41, 5.74) is 4.44. The zero-order valence-electron chi connectivity index (χ0n) is 17.1. The zero-order valence-corrected chi connectivity index (χ0v) is 17.1. The lowest BCUT2D eigenvalue weighted by Crippen LogP contribution is -2.34. The van der Waals surface area contributed by atoms with Gasteiger partial charge in [-0.15, -0.1) is 0 Å². The molecular formula is C25H22FN3O2. The van der Waals surface area contributed by atoms with Crippen molar-refractivity contribution in [3.05, 3.63) is 84.0 Å². The number of aryl methyl sites for hydroxylation is 1. The van der Waals surface area contributed by atoms with Gasteiger partial charge in [-0.05, 0) is 55.7 Å². The van der Waals surface area contributed by atoms with Crippen LogP contribution in [0.4, 0.5) is 14.9 Å². The normalized spacial score (nSPS) is 16.1. The smallest absolute Gasteiger partial charge is 0.322 e. The Hall–Kier alpha value is -3.67. The van der Waals surface area contributed by atoms with Gasteiger partial charge >= 0.3 is 6.03 Å². The number of nitrogens with one attached hydrogen (secondary N) is 1. The minimum absolute atomic E-state index is 0.166. The number of aromatic nitrogens is 1. The molecule has 0 aliphatic carbocycles. The van der Waals surface area contributed by atoms with Crippen molar-refractivity contribution in [1.82, 2.24) is 9.88 Å². The molecule has 0 spiro atoms. The fourth-order valence-corrected chi connectivity index (χ4v) is 4.05. The Morgan fingerprint density at radius 2 is 1.94 bits per heavy atom. The third kappa shape index (κ3) is 3.77. The van der Waals surface area contributed by atoms with Gasteiger partial charge in [0.05, 0.1) is 0 Å². The summed E-state index contributed by atoms with van der Waals surface area (Å²) >= 11 is 0. The molecule has 4 aromatic rings. The van der Waals surface area contributed by atoms with Crippen molar-refractivity contribution in [2.24, 2.45) is 0 Å². The minimum atomic E-state index is -0.277. The molecule has 31 heavy (non-hydrogen) atoms. The van der Waals surface area contributed by atoms with E-state index in [0.29, 0.717) is 29.1 Å². The summed E-state index contributed by atoms with van der Waals surface area (Å²) in [4.78, 5) is 19.3. The van der Waals surface area contributed by atoms with E-state index in [1.54, 1.807) is 29.2 Å². The number of amides is 2. The van der Waals surface area contributed by atoms with Crippen molar-refractivity contribution in [2.75, 3.05) is 11.9 Å². The van der Waals surface area contributed by atoms with Gasteiger partial charge in [0.25, 0.3) is 0 Å². The van der Waals surface area contributed by atoms with Crippen molar-refractivity contribution in [3.8, 4) is 11.1 Å². The molecule has 1 atom stereocenters. The molecule has 2 heterocycles. The van der Waals surface area contributed by atoms with Crippen LogP contribution in [0, 0.1) is 12.7 Å². The van der Waals surface area contributed by atoms with Gasteiger partial charge in [0, 0.05) is 17.8 Å². The van der Waals surface area contributed by atoms with Crippen LogP contribution in [-0.4, -0.2) is 22.5 Å². The lowest BCUT2D eigenvalue weighted by molar-refractivity contribution is 0.199. The maximum atomic E-state index is 14.2. The van der Waals surface area contributed by atoms with Gasteiger partial charge in [-0.25, -0.2) is 14.2 Å². The van der Waals surface area contributed by atoms with Crippen molar-refractivity contribution >= 4 is 22.8 Å². The molecule has 3 aromatic carbocycles. The van der Waals surface area contributed by atoms with Crippen LogP contribution in [0.2, 0.25) is 0 Å². The number of halogens is 1. The highest BCUT2D eigenvalue weighted by Crippen LogP contribution is 2.35. The topological polar surface area (TPSA) is 58.4 Å². The number of anilines is 1. The summed E-state index contributed by atoms with van der Waals surface area (Å²) in [6, 6.07) is 19.4. The van der Waals surface area contributed by atoms with E-state index in [1.807, 2.05) is 43.3 Å². The van der Waals surface area contributed by atoms with Crippen LogP contribution in [0.3, 0.4) is 0 Å². The molecule has 0 bridgehead atoms. The van der Waals surface area contributed by atoms with E-state index in [0.717, 1.165) is 29.7 Å². The molecule has 1 saturated heterocycles. The molecule has 0 saturated carbocycles. The van der Waals surface area contributed by atoms with Crippen molar-refractivity contribution in [2.45, 2.75) is 25.8 Å². The third-order valence-corrected chi connectivity index (χ3v) is 5.69. The van der Waals surface area contributed by atoms with E-state index in [4.69, 9.17) is 4.42 Å². The second-order valence-corrected chi connectivity index (χ2v) is 7.86. The second-order valence-electron chi connectivity index (χ2n) is 7.86. The number of oxazole rings is 1. The number of hydrogen-bond donors (Lipinski definition) is 1.